The molecular weight excluding hydrogens is 490 g/mol. The highest BCUT2D eigenvalue weighted by molar-refractivity contribution is 9.10. The summed E-state index contributed by atoms with van der Waals surface area (Å²) in [5, 5.41) is 0. The van der Waals surface area contributed by atoms with E-state index in [1.807, 2.05) is 60.4 Å². The van der Waals surface area contributed by atoms with Gasteiger partial charge in [-0.25, -0.2) is 0 Å². The van der Waals surface area contributed by atoms with Gasteiger partial charge < -0.3 is 4.90 Å². The molecule has 0 saturated carbocycles. The minimum Gasteiger partial charge on any atom is -0.352 e. The summed E-state index contributed by atoms with van der Waals surface area (Å²) in [7, 11) is 0. The number of carbonyl (C=O) groups is 3. The quantitative estimate of drug-likeness (QED) is 0.409. The second-order valence-electron chi connectivity index (χ2n) is 9.43. The van der Waals surface area contributed by atoms with E-state index in [1.165, 1.54) is 0 Å². The molecule has 3 aromatic rings. The van der Waals surface area contributed by atoms with Gasteiger partial charge in [-0.2, -0.15) is 0 Å². The Hall–Kier alpha value is -3.31. The van der Waals surface area contributed by atoms with Crippen molar-refractivity contribution in [3.05, 3.63) is 105 Å². The summed E-state index contributed by atoms with van der Waals surface area (Å²) in [6, 6.07) is 19.6. The predicted molar refractivity (Wildman–Crippen MR) is 135 cm³/mol. The van der Waals surface area contributed by atoms with Crippen molar-refractivity contribution < 1.29 is 14.4 Å². The van der Waals surface area contributed by atoms with E-state index in [-0.39, 0.29) is 17.3 Å². The van der Waals surface area contributed by atoms with E-state index in [2.05, 4.69) is 22.0 Å². The first kappa shape index (κ1) is 21.2. The highest BCUT2D eigenvalue weighted by atomic mass is 79.9. The number of ketones is 3. The second kappa shape index (κ2) is 7.34. The lowest BCUT2D eigenvalue weighted by Crippen LogP contribution is -2.48. The average molecular weight is 512 g/mol. The number of anilines is 1. The standard InChI is InChI=1S/C29H22BrNO3/c1-16-7-8-18-11-14-24-29(27(33)21-5-3-4-6-22(21)28(29)34)25(19-9-12-20(30)13-10-19)26(17(2)32)31(24)23(18)15-16/h3-15,24-26H,1-2H3/t24-,25-,26+/m0/s1. The fraction of sp³-hybridized carbons (Fsp3) is 0.207. The van der Waals surface area contributed by atoms with Crippen molar-refractivity contribution in [1.82, 2.24) is 0 Å². The minimum absolute atomic E-state index is 0.0610. The van der Waals surface area contributed by atoms with Gasteiger partial charge in [-0.15, -0.1) is 0 Å². The zero-order chi connectivity index (χ0) is 23.8. The first-order valence-electron chi connectivity index (χ1n) is 11.4. The van der Waals surface area contributed by atoms with Crippen LogP contribution in [0.5, 0.6) is 0 Å². The molecule has 4 nitrogen and oxygen atoms in total. The summed E-state index contributed by atoms with van der Waals surface area (Å²) in [6.07, 6.45) is 3.94. The maximum absolute atomic E-state index is 14.3. The van der Waals surface area contributed by atoms with Crippen LogP contribution in [-0.2, 0) is 4.79 Å². The van der Waals surface area contributed by atoms with E-state index in [4.69, 9.17) is 0 Å². The number of aryl methyl sites for hydroxylation is 1. The Balaban J connectivity index is 1.69. The fourth-order valence-corrected chi connectivity index (χ4v) is 6.53. The number of nitrogens with zero attached hydrogens (tertiary/aromatic N) is 1. The van der Waals surface area contributed by atoms with Crippen LogP contribution in [0.4, 0.5) is 5.69 Å². The van der Waals surface area contributed by atoms with E-state index in [1.54, 1.807) is 31.2 Å². The van der Waals surface area contributed by atoms with Crippen LogP contribution < -0.4 is 4.90 Å². The molecule has 1 aliphatic carbocycles. The molecule has 0 aromatic heterocycles. The summed E-state index contributed by atoms with van der Waals surface area (Å²) >= 11 is 3.49. The van der Waals surface area contributed by atoms with Gasteiger partial charge in [-0.3, -0.25) is 14.4 Å². The number of benzene rings is 3. The van der Waals surface area contributed by atoms with Crippen LogP contribution in [0, 0.1) is 12.3 Å². The lowest BCUT2D eigenvalue weighted by Gasteiger charge is -2.37. The van der Waals surface area contributed by atoms with Crippen LogP contribution in [0.25, 0.3) is 6.08 Å². The van der Waals surface area contributed by atoms with E-state index in [9.17, 15) is 14.4 Å². The van der Waals surface area contributed by atoms with Crippen molar-refractivity contribution >= 4 is 45.0 Å². The molecule has 6 rings (SSSR count). The van der Waals surface area contributed by atoms with Crippen molar-refractivity contribution in [3.63, 3.8) is 0 Å². The van der Waals surface area contributed by atoms with Crippen molar-refractivity contribution in [2.45, 2.75) is 31.8 Å². The number of carbonyl (C=O) groups excluding carboxylic acids is 3. The number of hydrogen-bond donors (Lipinski definition) is 0. The predicted octanol–water partition coefficient (Wildman–Crippen LogP) is 5.78. The van der Waals surface area contributed by atoms with Gasteiger partial charge in [0.05, 0.1) is 12.1 Å². The largest absolute Gasteiger partial charge is 0.352 e. The molecule has 5 heteroatoms. The summed E-state index contributed by atoms with van der Waals surface area (Å²) in [5.41, 5.74) is 3.23. The maximum atomic E-state index is 14.3. The first-order valence-corrected chi connectivity index (χ1v) is 12.2. The molecule has 0 unspecified atom stereocenters. The topological polar surface area (TPSA) is 54.5 Å². The smallest absolute Gasteiger partial charge is 0.180 e. The third-order valence-electron chi connectivity index (χ3n) is 7.61. The van der Waals surface area contributed by atoms with Crippen LogP contribution in [-0.4, -0.2) is 29.4 Å². The van der Waals surface area contributed by atoms with Gasteiger partial charge in [0.15, 0.2) is 17.3 Å². The molecule has 168 valence electrons. The van der Waals surface area contributed by atoms with Crippen LogP contribution in [0.2, 0.25) is 0 Å². The molecule has 2 heterocycles. The Bertz CT molecular complexity index is 1390. The maximum Gasteiger partial charge on any atom is 0.180 e. The normalized spacial score (nSPS) is 23.7. The van der Waals surface area contributed by atoms with Gasteiger partial charge in [0.25, 0.3) is 0 Å². The summed E-state index contributed by atoms with van der Waals surface area (Å²) in [5.74, 6) is -1.07. The molecule has 1 fully saturated rings. The van der Waals surface area contributed by atoms with Gasteiger partial charge in [-0.05, 0) is 48.7 Å². The highest BCUT2D eigenvalue weighted by Crippen LogP contribution is 2.60. The SMILES string of the molecule is CC(=O)[C@@H]1[C@H](c2ccc(Br)cc2)C2(C(=O)c3ccccc3C2=O)[C@@H]2C=Cc3ccc(C)cc3N12. The molecule has 0 radical (unpaired) electrons. The molecule has 3 atom stereocenters. The van der Waals surface area contributed by atoms with Gasteiger partial charge in [0, 0.05) is 27.2 Å². The van der Waals surface area contributed by atoms with Crippen LogP contribution in [0.3, 0.4) is 0 Å². The van der Waals surface area contributed by atoms with Crippen molar-refractivity contribution in [2.75, 3.05) is 4.90 Å². The van der Waals surface area contributed by atoms with E-state index in [0.717, 1.165) is 26.9 Å². The first-order chi connectivity index (χ1) is 16.4. The Labute approximate surface area is 206 Å². The molecule has 0 N–H and O–H groups in total. The minimum atomic E-state index is -1.41. The summed E-state index contributed by atoms with van der Waals surface area (Å²) < 4.78 is 0.897. The zero-order valence-electron chi connectivity index (χ0n) is 18.8. The average Bonchev–Trinajstić information content (AvgIpc) is 3.27. The molecule has 0 amide bonds. The Morgan fingerprint density at radius 3 is 2.21 bits per heavy atom. The number of fused-ring (bicyclic) bond motifs is 5. The van der Waals surface area contributed by atoms with Gasteiger partial charge in [0.1, 0.15) is 5.41 Å². The van der Waals surface area contributed by atoms with E-state index in [0.29, 0.717) is 11.1 Å². The number of rotatable bonds is 2. The fourth-order valence-electron chi connectivity index (χ4n) is 6.27. The van der Waals surface area contributed by atoms with Gasteiger partial charge >= 0.3 is 0 Å². The lowest BCUT2D eigenvalue weighted by molar-refractivity contribution is -0.118. The van der Waals surface area contributed by atoms with Crippen molar-refractivity contribution in [2.24, 2.45) is 5.41 Å². The van der Waals surface area contributed by atoms with Gasteiger partial charge in [0.2, 0.25) is 0 Å². The second-order valence-corrected chi connectivity index (χ2v) is 10.3. The Kier molecular flexibility index (Phi) is 4.59. The molecule has 1 spiro atoms. The van der Waals surface area contributed by atoms with Crippen molar-refractivity contribution in [3.8, 4) is 0 Å². The number of halogens is 1. The third-order valence-corrected chi connectivity index (χ3v) is 8.14. The lowest BCUT2D eigenvalue weighted by atomic mass is 9.64. The van der Waals surface area contributed by atoms with Gasteiger partial charge in [-0.1, -0.05) is 76.6 Å². The molecular formula is C29H22BrNO3. The molecule has 2 aliphatic heterocycles. The Morgan fingerprint density at radius 2 is 1.59 bits per heavy atom. The summed E-state index contributed by atoms with van der Waals surface area (Å²) in [4.78, 5) is 44.0. The summed E-state index contributed by atoms with van der Waals surface area (Å²) in [6.45, 7) is 3.58. The third kappa shape index (κ3) is 2.62. The number of hydrogen-bond acceptors (Lipinski definition) is 4. The molecule has 3 aromatic carbocycles. The monoisotopic (exact) mass is 511 g/mol. The molecule has 3 aliphatic rings. The highest BCUT2D eigenvalue weighted by Gasteiger charge is 2.71. The molecule has 34 heavy (non-hydrogen) atoms. The van der Waals surface area contributed by atoms with E-state index < -0.39 is 23.4 Å². The molecule has 0 bridgehead atoms. The van der Waals surface area contributed by atoms with Crippen LogP contribution >= 0.6 is 15.9 Å². The number of Topliss-reactive ketones (excluding diaryl/α,β-unsaturated/α-hetero) is 3. The zero-order valence-corrected chi connectivity index (χ0v) is 20.4. The van der Waals surface area contributed by atoms with Crippen molar-refractivity contribution in [1.29, 1.82) is 0 Å². The van der Waals surface area contributed by atoms with Crippen LogP contribution in [0.15, 0.2) is 77.3 Å². The van der Waals surface area contributed by atoms with Crippen LogP contribution in [0.1, 0.15) is 50.2 Å². The molecule has 1 saturated heterocycles. The Morgan fingerprint density at radius 1 is 0.941 bits per heavy atom. The van der Waals surface area contributed by atoms with E-state index >= 15 is 0 Å².